The smallest absolute Gasteiger partial charge is 0.128 e. The Balaban J connectivity index is 1.99. The lowest BCUT2D eigenvalue weighted by Gasteiger charge is -2.08. The number of anilines is 1. The van der Waals surface area contributed by atoms with Gasteiger partial charge < -0.3 is 14.8 Å². The number of ether oxygens (including phenoxy) is 2. The van der Waals surface area contributed by atoms with Gasteiger partial charge >= 0.3 is 0 Å². The third-order valence-electron chi connectivity index (χ3n) is 2.45. The van der Waals surface area contributed by atoms with Crippen LogP contribution in [0.3, 0.4) is 0 Å². The molecule has 0 fully saturated rings. The minimum Gasteiger partial charge on any atom is -0.382 e. The largest absolute Gasteiger partial charge is 0.382 e. The quantitative estimate of drug-likeness (QED) is 0.670. The van der Waals surface area contributed by atoms with Crippen molar-refractivity contribution in [2.75, 3.05) is 38.8 Å². The molecule has 0 aliphatic heterocycles. The highest BCUT2D eigenvalue weighted by molar-refractivity contribution is 5.42. The first-order valence-electron chi connectivity index (χ1n) is 6.06. The molecule has 1 aromatic heterocycles. The second-order valence-corrected chi connectivity index (χ2v) is 3.91. The van der Waals surface area contributed by atoms with Crippen molar-refractivity contribution in [1.82, 2.24) is 4.98 Å². The fourth-order valence-electron chi connectivity index (χ4n) is 1.45. The number of nitrogens with zero attached hydrogens (tertiary/aromatic N) is 1. The van der Waals surface area contributed by atoms with Crippen LogP contribution in [-0.2, 0) is 9.47 Å². The van der Waals surface area contributed by atoms with Crippen LogP contribution in [0.2, 0.25) is 0 Å². The van der Waals surface area contributed by atoms with Gasteiger partial charge in [-0.3, -0.25) is 0 Å². The predicted octanol–water partition coefficient (Wildman–Crippen LogP) is 2.25. The number of hydrogen-bond acceptors (Lipinski definition) is 4. The molecule has 1 aromatic rings. The normalized spacial score (nSPS) is 10.5. The van der Waals surface area contributed by atoms with E-state index in [9.17, 15) is 0 Å². The van der Waals surface area contributed by atoms with E-state index in [2.05, 4.69) is 23.3 Å². The van der Waals surface area contributed by atoms with E-state index in [0.29, 0.717) is 13.2 Å². The Hall–Kier alpha value is -1.13. The average molecular weight is 238 g/mol. The maximum Gasteiger partial charge on any atom is 0.128 e. The standard InChI is InChI=1S/C13H22N2O2/c1-12-6-5-8-15-13(12)14-7-3-4-9-17-11-10-16-2/h5-6,8H,3-4,7,9-11H2,1-2H3,(H,14,15). The molecule has 1 rings (SSSR count). The van der Waals surface area contributed by atoms with Crippen LogP contribution in [0.1, 0.15) is 18.4 Å². The molecule has 0 radical (unpaired) electrons. The number of pyridine rings is 1. The van der Waals surface area contributed by atoms with Crippen molar-refractivity contribution in [1.29, 1.82) is 0 Å². The van der Waals surface area contributed by atoms with Crippen LogP contribution in [-0.4, -0.2) is 38.5 Å². The number of aryl methyl sites for hydroxylation is 1. The van der Waals surface area contributed by atoms with Crippen molar-refractivity contribution >= 4 is 5.82 Å². The van der Waals surface area contributed by atoms with Crippen molar-refractivity contribution in [3.63, 3.8) is 0 Å². The molecule has 0 saturated carbocycles. The van der Waals surface area contributed by atoms with Gasteiger partial charge in [0, 0.05) is 26.5 Å². The number of rotatable bonds is 9. The van der Waals surface area contributed by atoms with E-state index in [0.717, 1.165) is 31.8 Å². The molecule has 0 atom stereocenters. The summed E-state index contributed by atoms with van der Waals surface area (Å²) in [5, 5.41) is 3.32. The highest BCUT2D eigenvalue weighted by atomic mass is 16.5. The van der Waals surface area contributed by atoms with E-state index in [1.807, 2.05) is 12.3 Å². The Bertz CT molecular complexity index is 305. The monoisotopic (exact) mass is 238 g/mol. The van der Waals surface area contributed by atoms with Crippen molar-refractivity contribution in [3.05, 3.63) is 23.9 Å². The van der Waals surface area contributed by atoms with E-state index in [1.165, 1.54) is 5.56 Å². The number of unbranched alkanes of at least 4 members (excludes halogenated alkanes) is 1. The van der Waals surface area contributed by atoms with Crippen molar-refractivity contribution in [2.45, 2.75) is 19.8 Å². The number of nitrogens with one attached hydrogen (secondary N) is 1. The SMILES string of the molecule is COCCOCCCCNc1ncccc1C. The first-order valence-corrected chi connectivity index (χ1v) is 6.06. The number of methoxy groups -OCH3 is 1. The van der Waals surface area contributed by atoms with Gasteiger partial charge in [-0.05, 0) is 31.4 Å². The van der Waals surface area contributed by atoms with Gasteiger partial charge in [-0.25, -0.2) is 4.98 Å². The first-order chi connectivity index (χ1) is 8.34. The molecule has 4 heteroatoms. The van der Waals surface area contributed by atoms with Crippen LogP contribution in [0, 0.1) is 6.92 Å². The predicted molar refractivity (Wildman–Crippen MR) is 69.4 cm³/mol. The van der Waals surface area contributed by atoms with E-state index in [4.69, 9.17) is 9.47 Å². The average Bonchev–Trinajstić information content (AvgIpc) is 2.35. The fourth-order valence-corrected chi connectivity index (χ4v) is 1.45. The summed E-state index contributed by atoms with van der Waals surface area (Å²) >= 11 is 0. The lowest BCUT2D eigenvalue weighted by molar-refractivity contribution is 0.0691. The van der Waals surface area contributed by atoms with Gasteiger partial charge in [0.1, 0.15) is 5.82 Å². The van der Waals surface area contributed by atoms with Gasteiger partial charge in [0.15, 0.2) is 0 Å². The van der Waals surface area contributed by atoms with Crippen molar-refractivity contribution in [2.24, 2.45) is 0 Å². The van der Waals surface area contributed by atoms with Crippen molar-refractivity contribution < 1.29 is 9.47 Å². The zero-order chi connectivity index (χ0) is 12.3. The van der Waals surface area contributed by atoms with Gasteiger partial charge in [-0.1, -0.05) is 6.07 Å². The lowest BCUT2D eigenvalue weighted by atomic mass is 10.2. The summed E-state index contributed by atoms with van der Waals surface area (Å²) in [7, 11) is 1.68. The highest BCUT2D eigenvalue weighted by Gasteiger charge is 1.96. The van der Waals surface area contributed by atoms with Crippen LogP contribution >= 0.6 is 0 Å². The van der Waals surface area contributed by atoms with E-state index < -0.39 is 0 Å². The molecule has 0 spiro atoms. The Morgan fingerprint density at radius 1 is 1.24 bits per heavy atom. The second-order valence-electron chi connectivity index (χ2n) is 3.91. The van der Waals surface area contributed by atoms with Crippen LogP contribution in [0.15, 0.2) is 18.3 Å². The molecule has 0 bridgehead atoms. The molecule has 1 heterocycles. The maximum atomic E-state index is 5.38. The minimum absolute atomic E-state index is 0.672. The summed E-state index contributed by atoms with van der Waals surface area (Å²) in [6.45, 7) is 5.15. The molecule has 0 aromatic carbocycles. The molecule has 0 aliphatic rings. The number of hydrogen-bond donors (Lipinski definition) is 1. The summed E-state index contributed by atoms with van der Waals surface area (Å²) in [4.78, 5) is 4.28. The van der Waals surface area contributed by atoms with Gasteiger partial charge in [0.2, 0.25) is 0 Å². The Labute approximate surface area is 103 Å². The third kappa shape index (κ3) is 6.24. The Kier molecular flexibility index (Phi) is 7.34. The maximum absolute atomic E-state index is 5.38. The fraction of sp³-hybridized carbons (Fsp3) is 0.615. The van der Waals surface area contributed by atoms with Crippen LogP contribution in [0.5, 0.6) is 0 Å². The Morgan fingerprint density at radius 3 is 2.88 bits per heavy atom. The summed E-state index contributed by atoms with van der Waals surface area (Å²) in [6.07, 6.45) is 3.95. The molecule has 17 heavy (non-hydrogen) atoms. The molecule has 1 N–H and O–H groups in total. The topological polar surface area (TPSA) is 43.4 Å². The van der Waals surface area contributed by atoms with Crippen LogP contribution in [0.4, 0.5) is 5.82 Å². The van der Waals surface area contributed by atoms with Gasteiger partial charge in [-0.2, -0.15) is 0 Å². The Morgan fingerprint density at radius 2 is 2.12 bits per heavy atom. The van der Waals surface area contributed by atoms with E-state index in [1.54, 1.807) is 7.11 Å². The van der Waals surface area contributed by atoms with Crippen LogP contribution in [0.25, 0.3) is 0 Å². The van der Waals surface area contributed by atoms with Gasteiger partial charge in [-0.15, -0.1) is 0 Å². The van der Waals surface area contributed by atoms with Gasteiger partial charge in [0.25, 0.3) is 0 Å². The first kappa shape index (κ1) is 13.9. The molecular formula is C13H22N2O2. The minimum atomic E-state index is 0.672. The zero-order valence-electron chi connectivity index (χ0n) is 10.7. The summed E-state index contributed by atoms with van der Waals surface area (Å²) < 4.78 is 10.3. The van der Waals surface area contributed by atoms with Crippen LogP contribution < -0.4 is 5.32 Å². The highest BCUT2D eigenvalue weighted by Crippen LogP contribution is 2.08. The molecule has 0 unspecified atom stereocenters. The molecule has 0 saturated heterocycles. The lowest BCUT2D eigenvalue weighted by Crippen LogP contribution is -2.07. The van der Waals surface area contributed by atoms with Gasteiger partial charge in [0.05, 0.1) is 13.2 Å². The van der Waals surface area contributed by atoms with E-state index in [-0.39, 0.29) is 0 Å². The molecule has 0 amide bonds. The zero-order valence-corrected chi connectivity index (χ0v) is 10.7. The third-order valence-corrected chi connectivity index (χ3v) is 2.45. The second kappa shape index (κ2) is 8.96. The number of aromatic nitrogens is 1. The molecule has 96 valence electrons. The molecule has 4 nitrogen and oxygen atoms in total. The molecular weight excluding hydrogens is 216 g/mol. The summed E-state index contributed by atoms with van der Waals surface area (Å²) in [5.41, 5.74) is 1.18. The summed E-state index contributed by atoms with van der Waals surface area (Å²) in [5.74, 6) is 0.979. The molecule has 0 aliphatic carbocycles. The van der Waals surface area contributed by atoms with Crippen molar-refractivity contribution in [3.8, 4) is 0 Å². The van der Waals surface area contributed by atoms with E-state index >= 15 is 0 Å². The summed E-state index contributed by atoms with van der Waals surface area (Å²) in [6, 6.07) is 4.01.